The van der Waals surface area contributed by atoms with Gasteiger partial charge >= 0.3 is 0 Å². The van der Waals surface area contributed by atoms with E-state index < -0.39 is 0 Å². The van der Waals surface area contributed by atoms with E-state index in [-0.39, 0.29) is 30.0 Å². The molecule has 3 aromatic rings. The molecule has 1 aromatic heterocycles. The van der Waals surface area contributed by atoms with Crippen LogP contribution in [-0.4, -0.2) is 33.6 Å². The zero-order valence-electron chi connectivity index (χ0n) is 15.7. The molecule has 1 atom stereocenters. The van der Waals surface area contributed by atoms with Crippen LogP contribution < -0.4 is 10.2 Å². The molecule has 0 saturated heterocycles. The molecule has 2 aromatic carbocycles. The lowest BCUT2D eigenvalue weighted by molar-refractivity contribution is -0.117. The number of carbonyl (C=O) groups excluding carboxylic acids is 2. The van der Waals surface area contributed by atoms with Gasteiger partial charge in [-0.15, -0.1) is 0 Å². The van der Waals surface area contributed by atoms with Gasteiger partial charge in [0.15, 0.2) is 0 Å². The van der Waals surface area contributed by atoms with Crippen molar-refractivity contribution in [3.63, 3.8) is 0 Å². The monoisotopic (exact) mass is 392 g/mol. The maximum atomic E-state index is 13.1. The Morgan fingerprint density at radius 1 is 1.18 bits per heavy atom. The molecule has 1 aliphatic rings. The third kappa shape index (κ3) is 3.57. The van der Waals surface area contributed by atoms with Crippen LogP contribution in [-0.2, 0) is 9.59 Å². The second-order valence-corrected chi connectivity index (χ2v) is 7.73. The third-order valence-electron chi connectivity index (χ3n) is 4.64. The average Bonchev–Trinajstić information content (AvgIpc) is 2.80. The zero-order chi connectivity index (χ0) is 19.7. The van der Waals surface area contributed by atoms with E-state index in [1.807, 2.05) is 62.4 Å². The van der Waals surface area contributed by atoms with Gasteiger partial charge in [0.2, 0.25) is 11.8 Å². The van der Waals surface area contributed by atoms with Gasteiger partial charge < -0.3 is 10.2 Å². The molecule has 142 valence electrons. The lowest BCUT2D eigenvalue weighted by atomic mass is 10.2. The lowest BCUT2D eigenvalue weighted by Gasteiger charge is -2.27. The summed E-state index contributed by atoms with van der Waals surface area (Å²) in [6.45, 7) is 3.75. The first-order valence-corrected chi connectivity index (χ1v) is 10.1. The highest BCUT2D eigenvalue weighted by atomic mass is 32.2. The predicted octanol–water partition coefficient (Wildman–Crippen LogP) is 3.79. The second-order valence-electron chi connectivity index (χ2n) is 6.76. The number of aromatic nitrogens is 2. The number of nitrogens with zero attached hydrogens (tertiary/aromatic N) is 3. The largest absolute Gasteiger partial charge is 0.324 e. The van der Waals surface area contributed by atoms with Crippen molar-refractivity contribution < 1.29 is 9.59 Å². The highest BCUT2D eigenvalue weighted by Crippen LogP contribution is 2.33. The van der Waals surface area contributed by atoms with E-state index in [0.29, 0.717) is 11.5 Å². The van der Waals surface area contributed by atoms with Crippen molar-refractivity contribution in [2.24, 2.45) is 0 Å². The maximum Gasteiger partial charge on any atom is 0.237 e. The Kier molecular flexibility index (Phi) is 5.00. The van der Waals surface area contributed by atoms with Gasteiger partial charge in [-0.1, -0.05) is 42.1 Å². The van der Waals surface area contributed by atoms with Crippen molar-refractivity contribution >= 4 is 45.9 Å². The minimum absolute atomic E-state index is 0.0539. The molecule has 6 nitrogen and oxygen atoms in total. The Morgan fingerprint density at radius 2 is 1.93 bits per heavy atom. The summed E-state index contributed by atoms with van der Waals surface area (Å²) in [7, 11) is 0. The molecule has 0 aliphatic carbocycles. The summed E-state index contributed by atoms with van der Waals surface area (Å²) in [6, 6.07) is 15.0. The summed E-state index contributed by atoms with van der Waals surface area (Å²) in [6.07, 6.45) is 0.265. The van der Waals surface area contributed by atoms with Crippen molar-refractivity contribution in [1.82, 2.24) is 9.97 Å². The minimum atomic E-state index is -0.222. The van der Waals surface area contributed by atoms with Crippen molar-refractivity contribution in [2.45, 2.75) is 31.3 Å². The van der Waals surface area contributed by atoms with E-state index in [1.165, 1.54) is 11.8 Å². The number of amides is 2. The first-order valence-electron chi connectivity index (χ1n) is 9.10. The summed E-state index contributed by atoms with van der Waals surface area (Å²) in [5, 5.41) is 4.61. The number of hydrogen-bond acceptors (Lipinski definition) is 5. The van der Waals surface area contributed by atoms with E-state index in [1.54, 1.807) is 4.90 Å². The van der Waals surface area contributed by atoms with Crippen molar-refractivity contribution in [3.8, 4) is 0 Å². The number of rotatable bonds is 3. The van der Waals surface area contributed by atoms with Crippen molar-refractivity contribution in [3.05, 3.63) is 54.4 Å². The van der Waals surface area contributed by atoms with Crippen LogP contribution in [0.15, 0.2) is 53.6 Å². The standard InChI is InChI=1S/C21H20N4O2S/c1-13-11-19(26)24-17-9-5-6-10-18(17)25(13)20(27)12-28-21-15-7-3-4-8-16(15)22-14(2)23-21/h3-10,13H,11-12H2,1-2H3,(H,24,26)/t13-/m1/s1. The third-order valence-corrected chi connectivity index (χ3v) is 5.62. The number of anilines is 2. The van der Waals surface area contributed by atoms with Gasteiger partial charge in [0.1, 0.15) is 10.9 Å². The van der Waals surface area contributed by atoms with Gasteiger partial charge in [0.05, 0.1) is 22.6 Å². The number of carbonyl (C=O) groups is 2. The molecule has 0 spiro atoms. The quantitative estimate of drug-likeness (QED) is 0.542. The normalized spacial score (nSPS) is 16.4. The second kappa shape index (κ2) is 7.59. The van der Waals surface area contributed by atoms with Gasteiger partial charge in [-0.25, -0.2) is 9.97 Å². The Labute approximate surface area is 167 Å². The Bertz CT molecular complexity index is 1070. The molecule has 2 amide bonds. The molecule has 0 radical (unpaired) electrons. The molecule has 0 saturated carbocycles. The van der Waals surface area contributed by atoms with Crippen LogP contribution >= 0.6 is 11.8 Å². The summed E-state index contributed by atoms with van der Waals surface area (Å²) in [5.74, 6) is 0.770. The number of para-hydroxylation sites is 3. The SMILES string of the molecule is Cc1nc(SCC(=O)N2c3ccccc3NC(=O)C[C@H]2C)c2ccccc2n1. The predicted molar refractivity (Wildman–Crippen MR) is 112 cm³/mol. The van der Waals surface area contributed by atoms with Crippen molar-refractivity contribution in [2.75, 3.05) is 16.0 Å². The average molecular weight is 392 g/mol. The van der Waals surface area contributed by atoms with Crippen LogP contribution in [0.4, 0.5) is 11.4 Å². The van der Waals surface area contributed by atoms with Gasteiger partial charge in [0, 0.05) is 17.8 Å². The van der Waals surface area contributed by atoms with Crippen LogP contribution in [0.5, 0.6) is 0 Å². The lowest BCUT2D eigenvalue weighted by Crippen LogP contribution is -2.40. The van der Waals surface area contributed by atoms with E-state index in [4.69, 9.17) is 0 Å². The van der Waals surface area contributed by atoms with E-state index in [9.17, 15) is 9.59 Å². The molecule has 2 heterocycles. The molecule has 28 heavy (non-hydrogen) atoms. The molecular formula is C21H20N4O2S. The van der Waals surface area contributed by atoms with Crippen LogP contribution in [0.3, 0.4) is 0 Å². The summed E-state index contributed by atoms with van der Waals surface area (Å²) in [4.78, 5) is 36.0. The molecule has 7 heteroatoms. The highest BCUT2D eigenvalue weighted by molar-refractivity contribution is 8.00. The van der Waals surface area contributed by atoms with E-state index in [0.717, 1.165) is 21.6 Å². The molecular weight excluding hydrogens is 372 g/mol. The number of thioether (sulfide) groups is 1. The molecule has 1 aliphatic heterocycles. The van der Waals surface area contributed by atoms with Gasteiger partial charge in [-0.3, -0.25) is 9.59 Å². The minimum Gasteiger partial charge on any atom is -0.324 e. The Balaban J connectivity index is 1.61. The van der Waals surface area contributed by atoms with Crippen molar-refractivity contribution in [1.29, 1.82) is 0 Å². The molecule has 0 bridgehead atoms. The molecule has 4 rings (SSSR count). The van der Waals surface area contributed by atoms with Crippen LogP contribution in [0, 0.1) is 6.92 Å². The number of nitrogens with one attached hydrogen (secondary N) is 1. The fourth-order valence-corrected chi connectivity index (χ4v) is 4.36. The number of benzene rings is 2. The maximum absolute atomic E-state index is 13.1. The smallest absolute Gasteiger partial charge is 0.237 e. The number of aryl methyl sites for hydroxylation is 1. The highest BCUT2D eigenvalue weighted by Gasteiger charge is 2.29. The Hall–Kier alpha value is -2.93. The van der Waals surface area contributed by atoms with Gasteiger partial charge in [-0.05, 0) is 32.0 Å². The molecule has 1 N–H and O–H groups in total. The topological polar surface area (TPSA) is 75.2 Å². The first-order chi connectivity index (χ1) is 13.5. The first kappa shape index (κ1) is 18.4. The van der Waals surface area contributed by atoms with E-state index in [2.05, 4.69) is 15.3 Å². The number of fused-ring (bicyclic) bond motifs is 2. The van der Waals surface area contributed by atoms with Gasteiger partial charge in [0.25, 0.3) is 0 Å². The molecule has 0 unspecified atom stereocenters. The summed E-state index contributed by atoms with van der Waals surface area (Å²) >= 11 is 1.40. The summed E-state index contributed by atoms with van der Waals surface area (Å²) in [5.41, 5.74) is 2.27. The fourth-order valence-electron chi connectivity index (χ4n) is 3.44. The molecule has 0 fully saturated rings. The van der Waals surface area contributed by atoms with Crippen LogP contribution in [0.25, 0.3) is 10.9 Å². The Morgan fingerprint density at radius 3 is 2.79 bits per heavy atom. The number of hydrogen-bond donors (Lipinski definition) is 1. The zero-order valence-corrected chi connectivity index (χ0v) is 16.5. The summed E-state index contributed by atoms with van der Waals surface area (Å²) < 4.78 is 0. The van der Waals surface area contributed by atoms with E-state index >= 15 is 0 Å². The van der Waals surface area contributed by atoms with Crippen LogP contribution in [0.1, 0.15) is 19.2 Å². The fraction of sp³-hybridized carbons (Fsp3) is 0.238. The van der Waals surface area contributed by atoms with Gasteiger partial charge in [-0.2, -0.15) is 0 Å². The van der Waals surface area contributed by atoms with Crippen LogP contribution in [0.2, 0.25) is 0 Å².